The predicted molar refractivity (Wildman–Crippen MR) is 78.4 cm³/mol. The Morgan fingerprint density at radius 3 is 2.63 bits per heavy atom. The summed E-state index contributed by atoms with van der Waals surface area (Å²) in [6.07, 6.45) is 2.82. The molecule has 0 saturated carbocycles. The van der Waals surface area contributed by atoms with Crippen LogP contribution in [-0.4, -0.2) is 14.9 Å². The van der Waals surface area contributed by atoms with Crippen LogP contribution in [0.3, 0.4) is 0 Å². The number of benzene rings is 1. The second-order valence-corrected chi connectivity index (χ2v) is 4.99. The van der Waals surface area contributed by atoms with Crippen LogP contribution in [0, 0.1) is 6.92 Å². The quantitative estimate of drug-likeness (QED) is 0.882. The van der Waals surface area contributed by atoms with Gasteiger partial charge < -0.3 is 5.11 Å². The van der Waals surface area contributed by atoms with Gasteiger partial charge in [-0.1, -0.05) is 44.0 Å². The van der Waals surface area contributed by atoms with E-state index in [9.17, 15) is 5.11 Å². The zero-order valence-corrected chi connectivity index (χ0v) is 12.0. The van der Waals surface area contributed by atoms with Gasteiger partial charge in [0.15, 0.2) is 5.75 Å². The number of rotatable bonds is 5. The second-order valence-electron chi connectivity index (χ2n) is 4.99. The molecule has 0 spiro atoms. The van der Waals surface area contributed by atoms with Crippen molar-refractivity contribution in [2.24, 2.45) is 0 Å². The van der Waals surface area contributed by atoms with Gasteiger partial charge in [-0.05, 0) is 25.8 Å². The highest BCUT2D eigenvalue weighted by Gasteiger charge is 2.17. The summed E-state index contributed by atoms with van der Waals surface area (Å²) < 4.78 is 1.94. The van der Waals surface area contributed by atoms with Gasteiger partial charge in [-0.15, -0.1) is 0 Å². The molecule has 19 heavy (non-hydrogen) atoms. The highest BCUT2D eigenvalue weighted by atomic mass is 16.3. The molecule has 2 aromatic rings. The Kier molecular flexibility index (Phi) is 4.25. The first-order chi connectivity index (χ1) is 9.17. The van der Waals surface area contributed by atoms with E-state index in [-0.39, 0.29) is 0 Å². The van der Waals surface area contributed by atoms with Crippen molar-refractivity contribution in [2.75, 3.05) is 0 Å². The van der Waals surface area contributed by atoms with E-state index in [1.807, 2.05) is 16.8 Å². The molecule has 0 bridgehead atoms. The van der Waals surface area contributed by atoms with Gasteiger partial charge in [0.25, 0.3) is 0 Å². The van der Waals surface area contributed by atoms with Crippen molar-refractivity contribution < 1.29 is 5.11 Å². The normalized spacial score (nSPS) is 10.9. The van der Waals surface area contributed by atoms with Gasteiger partial charge >= 0.3 is 0 Å². The van der Waals surface area contributed by atoms with Crippen molar-refractivity contribution in [2.45, 2.75) is 46.6 Å². The van der Waals surface area contributed by atoms with Crippen LogP contribution in [0.4, 0.5) is 0 Å². The average molecular weight is 258 g/mol. The standard InChI is InChI=1S/C16H22N2O/c1-4-7-14-16(19)15(18(17-14)10-5-2)13-9-6-8-12(3)11-13/h6,8-9,11,19H,4-5,7,10H2,1-3H3. The predicted octanol–water partition coefficient (Wildman–Crippen LogP) is 3.93. The molecule has 0 aliphatic heterocycles. The Hall–Kier alpha value is -1.77. The molecule has 0 atom stereocenters. The smallest absolute Gasteiger partial charge is 0.164 e. The van der Waals surface area contributed by atoms with E-state index in [0.717, 1.165) is 42.8 Å². The van der Waals surface area contributed by atoms with Gasteiger partial charge in [-0.2, -0.15) is 5.10 Å². The van der Waals surface area contributed by atoms with Crippen LogP contribution in [-0.2, 0) is 13.0 Å². The van der Waals surface area contributed by atoms with Gasteiger partial charge in [0, 0.05) is 12.1 Å². The fourth-order valence-corrected chi connectivity index (χ4v) is 2.36. The molecular weight excluding hydrogens is 236 g/mol. The van der Waals surface area contributed by atoms with E-state index in [1.54, 1.807) is 0 Å². The van der Waals surface area contributed by atoms with Crippen LogP contribution in [0.2, 0.25) is 0 Å². The first kappa shape index (κ1) is 13.7. The van der Waals surface area contributed by atoms with E-state index < -0.39 is 0 Å². The minimum Gasteiger partial charge on any atom is -0.504 e. The van der Waals surface area contributed by atoms with Gasteiger partial charge in [-0.3, -0.25) is 4.68 Å². The summed E-state index contributed by atoms with van der Waals surface area (Å²) in [5.74, 6) is 0.348. The maximum absolute atomic E-state index is 10.4. The van der Waals surface area contributed by atoms with Crippen LogP contribution < -0.4 is 0 Å². The zero-order chi connectivity index (χ0) is 13.8. The van der Waals surface area contributed by atoms with Crippen molar-refractivity contribution in [1.29, 1.82) is 0 Å². The number of aromatic hydroxyl groups is 1. The van der Waals surface area contributed by atoms with E-state index >= 15 is 0 Å². The molecule has 0 aliphatic carbocycles. The average Bonchev–Trinajstić information content (AvgIpc) is 2.67. The molecule has 1 aromatic heterocycles. The highest BCUT2D eigenvalue weighted by molar-refractivity contribution is 5.68. The van der Waals surface area contributed by atoms with Gasteiger partial charge in [0.05, 0.1) is 0 Å². The molecule has 0 fully saturated rings. The van der Waals surface area contributed by atoms with Crippen molar-refractivity contribution in [1.82, 2.24) is 9.78 Å². The summed E-state index contributed by atoms with van der Waals surface area (Å²) in [7, 11) is 0. The Bertz CT molecular complexity index is 558. The number of nitrogens with zero attached hydrogens (tertiary/aromatic N) is 2. The first-order valence-corrected chi connectivity index (χ1v) is 7.03. The Labute approximate surface area is 114 Å². The molecule has 1 heterocycles. The third-order valence-electron chi connectivity index (χ3n) is 3.21. The van der Waals surface area contributed by atoms with Gasteiger partial charge in [0.2, 0.25) is 0 Å². The molecule has 0 saturated heterocycles. The number of aromatic nitrogens is 2. The summed E-state index contributed by atoms with van der Waals surface area (Å²) in [6, 6.07) is 8.21. The van der Waals surface area contributed by atoms with Gasteiger partial charge in [-0.25, -0.2) is 0 Å². The molecule has 1 aromatic carbocycles. The van der Waals surface area contributed by atoms with Crippen molar-refractivity contribution >= 4 is 0 Å². The summed E-state index contributed by atoms with van der Waals surface area (Å²) in [5, 5.41) is 15.0. The monoisotopic (exact) mass is 258 g/mol. The fraction of sp³-hybridized carbons (Fsp3) is 0.438. The molecule has 2 rings (SSSR count). The third-order valence-corrected chi connectivity index (χ3v) is 3.21. The lowest BCUT2D eigenvalue weighted by atomic mass is 10.1. The van der Waals surface area contributed by atoms with Crippen molar-refractivity contribution in [3.05, 3.63) is 35.5 Å². The largest absolute Gasteiger partial charge is 0.504 e. The van der Waals surface area contributed by atoms with Crippen molar-refractivity contribution in [3.8, 4) is 17.0 Å². The highest BCUT2D eigenvalue weighted by Crippen LogP contribution is 2.33. The second kappa shape index (κ2) is 5.91. The van der Waals surface area contributed by atoms with Crippen LogP contribution in [0.25, 0.3) is 11.3 Å². The van der Waals surface area contributed by atoms with E-state index in [4.69, 9.17) is 0 Å². The summed E-state index contributed by atoms with van der Waals surface area (Å²) >= 11 is 0. The lowest BCUT2D eigenvalue weighted by molar-refractivity contribution is 0.469. The Balaban J connectivity index is 2.53. The van der Waals surface area contributed by atoms with Crippen LogP contribution in [0.5, 0.6) is 5.75 Å². The molecule has 0 radical (unpaired) electrons. The minimum atomic E-state index is 0.348. The lowest BCUT2D eigenvalue weighted by Gasteiger charge is -2.07. The SMILES string of the molecule is CCCc1nn(CCC)c(-c2cccc(C)c2)c1O. The maximum Gasteiger partial charge on any atom is 0.164 e. The fourth-order valence-electron chi connectivity index (χ4n) is 2.36. The number of hydrogen-bond acceptors (Lipinski definition) is 2. The summed E-state index contributed by atoms with van der Waals surface area (Å²) in [6.45, 7) is 7.12. The maximum atomic E-state index is 10.4. The molecule has 3 heteroatoms. The molecular formula is C16H22N2O. The van der Waals surface area contributed by atoms with E-state index in [2.05, 4.69) is 38.0 Å². The number of hydrogen-bond donors (Lipinski definition) is 1. The Morgan fingerprint density at radius 1 is 1.21 bits per heavy atom. The molecule has 0 aliphatic rings. The molecule has 3 nitrogen and oxygen atoms in total. The van der Waals surface area contributed by atoms with Crippen LogP contribution >= 0.6 is 0 Å². The van der Waals surface area contributed by atoms with E-state index in [1.165, 1.54) is 5.56 Å². The molecule has 0 unspecified atom stereocenters. The first-order valence-electron chi connectivity index (χ1n) is 7.03. The topological polar surface area (TPSA) is 38.0 Å². The molecule has 1 N–H and O–H groups in total. The Morgan fingerprint density at radius 2 is 2.00 bits per heavy atom. The number of aryl methyl sites for hydroxylation is 3. The summed E-state index contributed by atoms with van der Waals surface area (Å²) in [5.41, 5.74) is 3.90. The molecule has 102 valence electrons. The zero-order valence-electron chi connectivity index (χ0n) is 12.0. The van der Waals surface area contributed by atoms with E-state index in [0.29, 0.717) is 5.75 Å². The van der Waals surface area contributed by atoms with Gasteiger partial charge in [0.1, 0.15) is 11.4 Å². The third kappa shape index (κ3) is 2.80. The van der Waals surface area contributed by atoms with Crippen molar-refractivity contribution in [3.63, 3.8) is 0 Å². The molecule has 0 amide bonds. The van der Waals surface area contributed by atoms with Crippen LogP contribution in [0.1, 0.15) is 37.9 Å². The lowest BCUT2D eigenvalue weighted by Crippen LogP contribution is -2.02. The summed E-state index contributed by atoms with van der Waals surface area (Å²) in [4.78, 5) is 0. The van der Waals surface area contributed by atoms with Crippen LogP contribution in [0.15, 0.2) is 24.3 Å². The minimum absolute atomic E-state index is 0.348.